The predicted molar refractivity (Wildman–Crippen MR) is 61.1 cm³/mol. The van der Waals surface area contributed by atoms with Gasteiger partial charge < -0.3 is 5.32 Å². The van der Waals surface area contributed by atoms with Gasteiger partial charge in [0.1, 0.15) is 0 Å². The summed E-state index contributed by atoms with van der Waals surface area (Å²) in [5, 5.41) is 3.42. The Kier molecular flexibility index (Phi) is 2.45. The second kappa shape index (κ2) is 3.93. The predicted octanol–water partition coefficient (Wildman–Crippen LogP) is 2.04. The van der Waals surface area contributed by atoms with Crippen molar-refractivity contribution in [3.8, 4) is 0 Å². The summed E-state index contributed by atoms with van der Waals surface area (Å²) in [6, 6.07) is 2.42. The molecule has 0 amide bonds. The van der Waals surface area contributed by atoms with Gasteiger partial charge in [-0.2, -0.15) is 0 Å². The van der Waals surface area contributed by atoms with Crippen molar-refractivity contribution >= 4 is 0 Å². The molecule has 2 aliphatic rings. The lowest BCUT2D eigenvalue weighted by Gasteiger charge is -2.17. The quantitative estimate of drug-likeness (QED) is 0.753. The minimum atomic E-state index is 0.713. The average Bonchev–Trinajstić information content (AvgIpc) is 2.82. The maximum atomic E-state index is 4.64. The van der Waals surface area contributed by atoms with Crippen molar-refractivity contribution in [3.05, 3.63) is 29.1 Å². The summed E-state index contributed by atoms with van der Waals surface area (Å²) in [5.74, 6) is 0.713. The molecule has 1 aromatic rings. The molecule has 80 valence electrons. The molecular formula is C13H18N2. The van der Waals surface area contributed by atoms with Crippen molar-refractivity contribution < 1.29 is 0 Å². The number of aromatic nitrogens is 1. The minimum absolute atomic E-state index is 0.713. The van der Waals surface area contributed by atoms with E-state index in [0.717, 1.165) is 6.54 Å². The molecule has 2 nitrogen and oxygen atoms in total. The van der Waals surface area contributed by atoms with E-state index >= 15 is 0 Å². The van der Waals surface area contributed by atoms with Crippen molar-refractivity contribution in [1.29, 1.82) is 0 Å². The van der Waals surface area contributed by atoms with Crippen LogP contribution in [0.15, 0.2) is 12.3 Å². The lowest BCUT2D eigenvalue weighted by atomic mass is 9.91. The molecule has 0 bridgehead atoms. The van der Waals surface area contributed by atoms with Gasteiger partial charge in [0.25, 0.3) is 0 Å². The van der Waals surface area contributed by atoms with Crippen LogP contribution in [0.25, 0.3) is 0 Å². The van der Waals surface area contributed by atoms with Crippen molar-refractivity contribution in [2.45, 2.75) is 38.0 Å². The Bertz CT molecular complexity index is 354. The molecular weight excluding hydrogens is 184 g/mol. The highest BCUT2D eigenvalue weighted by Gasteiger charge is 2.19. The molecule has 0 spiro atoms. The molecule has 1 N–H and O–H groups in total. The van der Waals surface area contributed by atoms with E-state index in [-0.39, 0.29) is 0 Å². The van der Waals surface area contributed by atoms with Gasteiger partial charge in [0.15, 0.2) is 0 Å². The number of hydrogen-bond donors (Lipinski definition) is 1. The Morgan fingerprint density at radius 1 is 1.27 bits per heavy atom. The first-order valence-corrected chi connectivity index (χ1v) is 6.12. The summed E-state index contributed by atoms with van der Waals surface area (Å²) in [6.07, 6.45) is 8.50. The Balaban J connectivity index is 1.89. The third-order valence-corrected chi connectivity index (χ3v) is 3.72. The third kappa shape index (κ3) is 1.78. The molecule has 1 unspecified atom stereocenters. The molecule has 1 aliphatic heterocycles. The summed E-state index contributed by atoms with van der Waals surface area (Å²) < 4.78 is 0. The molecule has 1 fully saturated rings. The van der Waals surface area contributed by atoms with Crippen LogP contribution in [0.4, 0.5) is 0 Å². The smallest absolute Gasteiger partial charge is 0.0435 e. The Morgan fingerprint density at radius 2 is 2.20 bits per heavy atom. The zero-order valence-corrected chi connectivity index (χ0v) is 9.13. The number of rotatable bonds is 1. The van der Waals surface area contributed by atoms with Crippen molar-refractivity contribution in [2.75, 3.05) is 13.1 Å². The monoisotopic (exact) mass is 202 g/mol. The number of pyridine rings is 1. The molecule has 1 saturated heterocycles. The standard InChI is InChI=1S/C13H18N2/c1-2-4-13-10(3-1)7-12(9-15-13)11-5-6-14-8-11/h7,9,11,14H,1-6,8H2. The first-order chi connectivity index (χ1) is 7.43. The highest BCUT2D eigenvalue weighted by Crippen LogP contribution is 2.26. The highest BCUT2D eigenvalue weighted by atomic mass is 14.9. The van der Waals surface area contributed by atoms with E-state index in [1.165, 1.54) is 55.5 Å². The van der Waals surface area contributed by atoms with Gasteiger partial charge in [-0.3, -0.25) is 4.98 Å². The van der Waals surface area contributed by atoms with Gasteiger partial charge in [-0.05, 0) is 55.7 Å². The summed E-state index contributed by atoms with van der Waals surface area (Å²) in [4.78, 5) is 4.64. The fraction of sp³-hybridized carbons (Fsp3) is 0.615. The SMILES string of the molecule is c1nc2c(cc1C1CCNC1)CCCC2. The van der Waals surface area contributed by atoms with Crippen molar-refractivity contribution in [1.82, 2.24) is 10.3 Å². The van der Waals surface area contributed by atoms with Crippen molar-refractivity contribution in [3.63, 3.8) is 0 Å². The minimum Gasteiger partial charge on any atom is -0.316 e. The van der Waals surface area contributed by atoms with Crippen LogP contribution in [0.5, 0.6) is 0 Å². The lowest BCUT2D eigenvalue weighted by molar-refractivity contribution is 0.659. The molecule has 2 heterocycles. The fourth-order valence-corrected chi connectivity index (χ4v) is 2.77. The van der Waals surface area contributed by atoms with E-state index in [1.807, 2.05) is 0 Å². The first-order valence-electron chi connectivity index (χ1n) is 6.12. The van der Waals surface area contributed by atoms with Crippen LogP contribution in [-0.2, 0) is 12.8 Å². The molecule has 15 heavy (non-hydrogen) atoms. The third-order valence-electron chi connectivity index (χ3n) is 3.72. The maximum absolute atomic E-state index is 4.64. The number of nitrogens with zero attached hydrogens (tertiary/aromatic N) is 1. The maximum Gasteiger partial charge on any atom is 0.0435 e. The van der Waals surface area contributed by atoms with E-state index < -0.39 is 0 Å². The van der Waals surface area contributed by atoms with Crippen LogP contribution in [0.1, 0.15) is 42.0 Å². The molecule has 1 aromatic heterocycles. The molecule has 1 atom stereocenters. The van der Waals surface area contributed by atoms with Crippen LogP contribution < -0.4 is 5.32 Å². The Morgan fingerprint density at radius 3 is 3.07 bits per heavy atom. The van der Waals surface area contributed by atoms with E-state index in [1.54, 1.807) is 0 Å². The van der Waals surface area contributed by atoms with Crippen LogP contribution in [0.3, 0.4) is 0 Å². The first kappa shape index (κ1) is 9.34. The number of hydrogen-bond acceptors (Lipinski definition) is 2. The zero-order valence-electron chi connectivity index (χ0n) is 9.13. The Labute approximate surface area is 91.1 Å². The summed E-state index contributed by atoms with van der Waals surface area (Å²) >= 11 is 0. The summed E-state index contributed by atoms with van der Waals surface area (Å²) in [7, 11) is 0. The number of nitrogens with one attached hydrogen (secondary N) is 1. The van der Waals surface area contributed by atoms with Crippen LogP contribution in [0, 0.1) is 0 Å². The van der Waals surface area contributed by atoms with Crippen molar-refractivity contribution in [2.24, 2.45) is 0 Å². The van der Waals surface area contributed by atoms with Crippen LogP contribution in [-0.4, -0.2) is 18.1 Å². The van der Waals surface area contributed by atoms with E-state index in [2.05, 4.69) is 22.6 Å². The molecule has 0 saturated carbocycles. The van der Waals surface area contributed by atoms with Crippen LogP contribution >= 0.6 is 0 Å². The van der Waals surface area contributed by atoms with E-state index in [9.17, 15) is 0 Å². The second-order valence-electron chi connectivity index (χ2n) is 4.77. The zero-order chi connectivity index (χ0) is 10.1. The van der Waals surface area contributed by atoms with Gasteiger partial charge in [0.2, 0.25) is 0 Å². The van der Waals surface area contributed by atoms with Gasteiger partial charge in [-0.15, -0.1) is 0 Å². The van der Waals surface area contributed by atoms with Crippen LogP contribution in [0.2, 0.25) is 0 Å². The molecule has 3 rings (SSSR count). The average molecular weight is 202 g/mol. The Hall–Kier alpha value is -0.890. The summed E-state index contributed by atoms with van der Waals surface area (Å²) in [6.45, 7) is 2.31. The molecule has 2 heteroatoms. The van der Waals surface area contributed by atoms with Gasteiger partial charge in [-0.1, -0.05) is 6.07 Å². The molecule has 0 radical (unpaired) electrons. The normalized spacial score (nSPS) is 25.2. The number of aryl methyl sites for hydroxylation is 2. The largest absolute Gasteiger partial charge is 0.316 e. The molecule has 0 aromatic carbocycles. The van der Waals surface area contributed by atoms with Gasteiger partial charge in [0, 0.05) is 18.4 Å². The van der Waals surface area contributed by atoms with Gasteiger partial charge in [0.05, 0.1) is 0 Å². The van der Waals surface area contributed by atoms with Gasteiger partial charge >= 0.3 is 0 Å². The topological polar surface area (TPSA) is 24.9 Å². The molecule has 1 aliphatic carbocycles. The second-order valence-corrected chi connectivity index (χ2v) is 4.77. The fourth-order valence-electron chi connectivity index (χ4n) is 2.77. The summed E-state index contributed by atoms with van der Waals surface area (Å²) in [5.41, 5.74) is 4.34. The van der Waals surface area contributed by atoms with E-state index in [4.69, 9.17) is 0 Å². The van der Waals surface area contributed by atoms with Gasteiger partial charge in [-0.25, -0.2) is 0 Å². The lowest BCUT2D eigenvalue weighted by Crippen LogP contribution is -2.10. The highest BCUT2D eigenvalue weighted by molar-refractivity contribution is 5.30. The number of fused-ring (bicyclic) bond motifs is 1. The van der Waals surface area contributed by atoms with E-state index in [0.29, 0.717) is 5.92 Å².